The Labute approximate surface area is 165 Å². The number of thiazole rings is 2. The highest BCUT2D eigenvalue weighted by molar-refractivity contribution is 7.93. The number of nitrogens with one attached hydrogen (secondary N) is 2. The van der Waals surface area contributed by atoms with E-state index >= 15 is 0 Å². The Morgan fingerprint density at radius 3 is 2.48 bits per heavy atom. The van der Waals surface area contributed by atoms with Crippen molar-refractivity contribution in [3.8, 4) is 0 Å². The van der Waals surface area contributed by atoms with Gasteiger partial charge in [0.1, 0.15) is 10.7 Å². The molecule has 0 radical (unpaired) electrons. The van der Waals surface area contributed by atoms with E-state index in [0.29, 0.717) is 10.8 Å². The van der Waals surface area contributed by atoms with E-state index in [-0.39, 0.29) is 10.5 Å². The average molecular weight is 427 g/mol. The van der Waals surface area contributed by atoms with Gasteiger partial charge in [-0.1, -0.05) is 20.8 Å². The van der Waals surface area contributed by atoms with E-state index in [1.54, 1.807) is 5.38 Å². The first-order valence-electron chi connectivity index (χ1n) is 8.03. The molecule has 0 atom stereocenters. The summed E-state index contributed by atoms with van der Waals surface area (Å²) in [6.45, 7) is 8.24. The maximum atomic E-state index is 14.5. The predicted octanol–water partition coefficient (Wildman–Crippen LogP) is 4.89. The van der Waals surface area contributed by atoms with Crippen LogP contribution >= 0.6 is 22.7 Å². The number of aromatic nitrogens is 2. The first-order chi connectivity index (χ1) is 12.6. The van der Waals surface area contributed by atoms with Gasteiger partial charge in [0.05, 0.1) is 5.69 Å². The average Bonchev–Trinajstić information content (AvgIpc) is 3.15. The zero-order valence-electron chi connectivity index (χ0n) is 15.2. The lowest BCUT2D eigenvalue weighted by atomic mass is 9.94. The quantitative estimate of drug-likeness (QED) is 0.607. The van der Waals surface area contributed by atoms with Crippen molar-refractivity contribution in [1.29, 1.82) is 0 Å². The third-order valence-corrected chi connectivity index (χ3v) is 7.29. The zero-order chi connectivity index (χ0) is 19.8. The van der Waals surface area contributed by atoms with Gasteiger partial charge in [0.15, 0.2) is 10.3 Å². The highest BCUT2D eigenvalue weighted by atomic mass is 32.2. The number of benzene rings is 1. The summed E-state index contributed by atoms with van der Waals surface area (Å²) in [7, 11) is -4.04. The first kappa shape index (κ1) is 19.7. The molecule has 0 saturated carbocycles. The summed E-state index contributed by atoms with van der Waals surface area (Å²) in [6, 6.07) is 3.87. The number of nitrogens with zero attached hydrogens (tertiary/aromatic N) is 2. The van der Waals surface area contributed by atoms with Crippen LogP contribution in [-0.2, 0) is 15.4 Å². The van der Waals surface area contributed by atoms with Crippen molar-refractivity contribution in [3.63, 3.8) is 0 Å². The Kier molecular flexibility index (Phi) is 5.24. The Morgan fingerprint density at radius 2 is 1.93 bits per heavy atom. The van der Waals surface area contributed by atoms with Crippen molar-refractivity contribution in [2.24, 2.45) is 0 Å². The molecule has 0 spiro atoms. The lowest BCUT2D eigenvalue weighted by molar-refractivity contribution is 0.570. The molecule has 0 aliphatic heterocycles. The molecule has 6 nitrogen and oxygen atoms in total. The molecule has 2 heterocycles. The van der Waals surface area contributed by atoms with Crippen molar-refractivity contribution in [1.82, 2.24) is 9.97 Å². The smallest absolute Gasteiger partial charge is 0.266 e. The Balaban J connectivity index is 1.83. The lowest BCUT2D eigenvalue weighted by Crippen LogP contribution is -2.14. The van der Waals surface area contributed by atoms with Gasteiger partial charge in [0.2, 0.25) is 0 Å². The maximum absolute atomic E-state index is 14.5. The number of hydrogen-bond donors (Lipinski definition) is 2. The van der Waals surface area contributed by atoms with Gasteiger partial charge in [-0.05, 0) is 30.5 Å². The predicted molar refractivity (Wildman–Crippen MR) is 108 cm³/mol. The van der Waals surface area contributed by atoms with Gasteiger partial charge in [-0.15, -0.1) is 22.7 Å². The van der Waals surface area contributed by atoms with Crippen molar-refractivity contribution >= 4 is 48.6 Å². The molecule has 1 aromatic carbocycles. The van der Waals surface area contributed by atoms with Crippen molar-refractivity contribution in [3.05, 3.63) is 46.2 Å². The van der Waals surface area contributed by atoms with E-state index in [1.165, 1.54) is 29.7 Å². The lowest BCUT2D eigenvalue weighted by Gasteiger charge is -2.16. The molecule has 0 aliphatic rings. The number of aryl methyl sites for hydroxylation is 1. The minimum absolute atomic E-state index is 0.0354. The van der Waals surface area contributed by atoms with E-state index < -0.39 is 20.7 Å². The molecule has 0 saturated heterocycles. The molecule has 0 bridgehead atoms. The van der Waals surface area contributed by atoms with Crippen LogP contribution in [0, 0.1) is 12.7 Å². The fraction of sp³-hybridized carbons (Fsp3) is 0.294. The van der Waals surface area contributed by atoms with E-state index in [4.69, 9.17) is 0 Å². The van der Waals surface area contributed by atoms with E-state index in [9.17, 15) is 12.8 Å². The Hall–Kier alpha value is -2.04. The highest BCUT2D eigenvalue weighted by Gasteiger charge is 2.22. The van der Waals surface area contributed by atoms with Crippen LogP contribution < -0.4 is 10.0 Å². The normalized spacial score (nSPS) is 12.2. The molecule has 3 rings (SSSR count). The summed E-state index contributed by atoms with van der Waals surface area (Å²) in [4.78, 5) is 9.02. The summed E-state index contributed by atoms with van der Waals surface area (Å²) in [6.07, 6.45) is 1.47. The van der Waals surface area contributed by atoms with Gasteiger partial charge in [-0.25, -0.2) is 22.8 Å². The SMILES string of the molecule is Cc1nc(Nc2ccc(S(=O)(=O)Nc3nccs3)c(F)c2)sc1C(C)(C)C. The standard InChI is InChI=1S/C17H19FN4O2S3/c1-10-14(17(2,3)4)26-16(20-10)21-11-5-6-13(12(18)9-11)27(23,24)22-15-19-7-8-25-15/h5-9H,1-4H3,(H,19,22)(H,20,21). The topological polar surface area (TPSA) is 84.0 Å². The molecule has 3 aromatic rings. The van der Waals surface area contributed by atoms with E-state index in [1.807, 2.05) is 6.92 Å². The van der Waals surface area contributed by atoms with Crippen molar-refractivity contribution in [2.75, 3.05) is 10.0 Å². The van der Waals surface area contributed by atoms with Crippen LogP contribution in [0.2, 0.25) is 0 Å². The number of sulfonamides is 1. The molecular weight excluding hydrogens is 407 g/mol. The van der Waals surface area contributed by atoms with Crippen molar-refractivity contribution in [2.45, 2.75) is 38.0 Å². The second-order valence-corrected chi connectivity index (χ2v) is 10.4. The fourth-order valence-corrected chi connectivity index (χ4v) is 5.40. The van der Waals surface area contributed by atoms with Gasteiger partial charge in [0.25, 0.3) is 10.0 Å². The third kappa shape index (κ3) is 4.45. The van der Waals surface area contributed by atoms with Crippen LogP contribution in [0.15, 0.2) is 34.7 Å². The van der Waals surface area contributed by atoms with Crippen LogP contribution in [0.3, 0.4) is 0 Å². The highest BCUT2D eigenvalue weighted by Crippen LogP contribution is 2.35. The molecule has 27 heavy (non-hydrogen) atoms. The van der Waals surface area contributed by atoms with Gasteiger partial charge in [-0.2, -0.15) is 0 Å². The van der Waals surface area contributed by atoms with Gasteiger partial charge < -0.3 is 5.32 Å². The molecule has 0 fully saturated rings. The zero-order valence-corrected chi connectivity index (χ0v) is 17.6. The maximum Gasteiger partial charge on any atom is 0.266 e. The van der Waals surface area contributed by atoms with Crippen LogP contribution in [-0.4, -0.2) is 18.4 Å². The fourth-order valence-electron chi connectivity index (χ4n) is 2.51. The van der Waals surface area contributed by atoms with E-state index in [0.717, 1.165) is 28.0 Å². The van der Waals surface area contributed by atoms with Crippen LogP contribution in [0.4, 0.5) is 20.3 Å². The molecule has 0 amide bonds. The largest absolute Gasteiger partial charge is 0.331 e. The second-order valence-electron chi connectivity index (χ2n) is 6.90. The van der Waals surface area contributed by atoms with Gasteiger partial charge in [-0.3, -0.25) is 4.72 Å². The van der Waals surface area contributed by atoms with E-state index in [2.05, 4.69) is 40.8 Å². The molecule has 0 unspecified atom stereocenters. The monoisotopic (exact) mass is 426 g/mol. The summed E-state index contributed by atoms with van der Waals surface area (Å²) < 4.78 is 41.4. The summed E-state index contributed by atoms with van der Waals surface area (Å²) >= 11 is 2.62. The Bertz CT molecular complexity index is 1050. The van der Waals surface area contributed by atoms with Gasteiger partial charge in [0, 0.05) is 22.1 Å². The molecule has 0 aliphatic carbocycles. The van der Waals surface area contributed by atoms with Crippen LogP contribution in [0.25, 0.3) is 0 Å². The number of rotatable bonds is 5. The number of halogens is 1. The summed E-state index contributed by atoms with van der Waals surface area (Å²) in [5, 5.41) is 5.49. The van der Waals surface area contributed by atoms with Crippen LogP contribution in [0.5, 0.6) is 0 Å². The second kappa shape index (κ2) is 7.17. The summed E-state index contributed by atoms with van der Waals surface area (Å²) in [5.74, 6) is -0.853. The first-order valence-corrected chi connectivity index (χ1v) is 11.2. The third-order valence-electron chi connectivity index (χ3n) is 3.60. The number of anilines is 3. The number of hydrogen-bond acceptors (Lipinski definition) is 7. The van der Waals surface area contributed by atoms with Crippen LogP contribution in [0.1, 0.15) is 31.3 Å². The Morgan fingerprint density at radius 1 is 1.19 bits per heavy atom. The molecule has 2 aromatic heterocycles. The summed E-state index contributed by atoms with van der Waals surface area (Å²) in [5.41, 5.74) is 1.31. The van der Waals surface area contributed by atoms with Gasteiger partial charge >= 0.3 is 0 Å². The molecule has 144 valence electrons. The molecular formula is C17H19FN4O2S3. The minimum Gasteiger partial charge on any atom is -0.331 e. The molecule has 10 heteroatoms. The minimum atomic E-state index is -4.04. The van der Waals surface area contributed by atoms with Crippen molar-refractivity contribution < 1.29 is 12.8 Å². The molecule has 2 N–H and O–H groups in total.